The van der Waals surface area contributed by atoms with Gasteiger partial charge in [-0.2, -0.15) is 0 Å². The molecule has 98 valence electrons. The van der Waals surface area contributed by atoms with Crippen LogP contribution in [0.3, 0.4) is 0 Å². The minimum Gasteiger partial charge on any atom is -0.338 e. The lowest BCUT2D eigenvalue weighted by molar-refractivity contribution is 0.618. The van der Waals surface area contributed by atoms with Crippen LogP contribution in [0.1, 0.15) is 24.5 Å². The molecule has 2 N–H and O–H groups in total. The molecule has 0 radical (unpaired) electrons. The van der Waals surface area contributed by atoms with Crippen LogP contribution in [0.5, 0.6) is 0 Å². The number of fused-ring (bicyclic) bond motifs is 1. The maximum atomic E-state index is 5.76. The lowest BCUT2D eigenvalue weighted by Crippen LogP contribution is -2.33. The number of hydrogen-bond acceptors (Lipinski definition) is 2. The van der Waals surface area contributed by atoms with E-state index in [1.807, 2.05) is 0 Å². The van der Waals surface area contributed by atoms with Crippen molar-refractivity contribution in [1.82, 2.24) is 0 Å². The van der Waals surface area contributed by atoms with Crippen LogP contribution in [0.2, 0.25) is 0 Å². The lowest BCUT2D eigenvalue weighted by Gasteiger charge is -2.37. The topological polar surface area (TPSA) is 29.3 Å². The lowest BCUT2D eigenvalue weighted by atomic mass is 9.95. The number of nitrogens with two attached hydrogens (primary N) is 1. The molecule has 1 aliphatic heterocycles. The summed E-state index contributed by atoms with van der Waals surface area (Å²) >= 11 is 0. The van der Waals surface area contributed by atoms with Crippen molar-refractivity contribution in [3.05, 3.63) is 59.7 Å². The van der Waals surface area contributed by atoms with Crippen LogP contribution >= 0.6 is 0 Å². The Morgan fingerprint density at radius 2 is 2.00 bits per heavy atom. The van der Waals surface area contributed by atoms with Gasteiger partial charge in [-0.15, -0.1) is 0 Å². The summed E-state index contributed by atoms with van der Waals surface area (Å²) in [5.74, 6) is 0. The molecule has 0 spiro atoms. The average Bonchev–Trinajstić information content (AvgIpc) is 2.47. The molecule has 2 heteroatoms. The Hall–Kier alpha value is -1.80. The van der Waals surface area contributed by atoms with Crippen LogP contribution in [0.15, 0.2) is 48.5 Å². The number of para-hydroxylation sites is 1. The summed E-state index contributed by atoms with van der Waals surface area (Å²) in [5.41, 5.74) is 11.0. The third-order valence-electron chi connectivity index (χ3n) is 3.95. The molecule has 1 unspecified atom stereocenters. The molecule has 1 heterocycles. The van der Waals surface area contributed by atoms with Gasteiger partial charge in [-0.05, 0) is 49.1 Å². The molecule has 19 heavy (non-hydrogen) atoms. The van der Waals surface area contributed by atoms with E-state index in [-0.39, 0.29) is 0 Å². The van der Waals surface area contributed by atoms with Crippen molar-refractivity contribution in [2.75, 3.05) is 4.90 Å². The Morgan fingerprint density at radius 3 is 2.84 bits per heavy atom. The van der Waals surface area contributed by atoms with E-state index in [4.69, 9.17) is 5.73 Å². The molecule has 2 aromatic rings. The first-order valence-electron chi connectivity index (χ1n) is 6.96. The van der Waals surface area contributed by atoms with E-state index in [0.717, 1.165) is 0 Å². The van der Waals surface area contributed by atoms with Gasteiger partial charge >= 0.3 is 0 Å². The molecule has 3 rings (SSSR count). The maximum Gasteiger partial charge on any atom is 0.0445 e. The zero-order chi connectivity index (χ0) is 13.2. The highest BCUT2D eigenvalue weighted by Crippen LogP contribution is 2.36. The van der Waals surface area contributed by atoms with Crippen molar-refractivity contribution < 1.29 is 0 Å². The Kier molecular flexibility index (Phi) is 3.26. The SMILES string of the molecule is CC1CCc2ccccc2N1c1cccc(CN)c1. The van der Waals surface area contributed by atoms with E-state index in [2.05, 4.69) is 60.4 Å². The van der Waals surface area contributed by atoms with Crippen LogP contribution in [0.4, 0.5) is 11.4 Å². The van der Waals surface area contributed by atoms with Gasteiger partial charge in [-0.25, -0.2) is 0 Å². The molecule has 0 fully saturated rings. The molecule has 0 aliphatic carbocycles. The third-order valence-corrected chi connectivity index (χ3v) is 3.95. The smallest absolute Gasteiger partial charge is 0.0445 e. The number of benzene rings is 2. The zero-order valence-corrected chi connectivity index (χ0v) is 11.3. The van der Waals surface area contributed by atoms with Crippen molar-refractivity contribution in [2.24, 2.45) is 5.73 Å². The molecule has 2 nitrogen and oxygen atoms in total. The summed E-state index contributed by atoms with van der Waals surface area (Å²) < 4.78 is 0. The van der Waals surface area contributed by atoms with Crippen molar-refractivity contribution in [3.8, 4) is 0 Å². The molecule has 0 saturated carbocycles. The van der Waals surface area contributed by atoms with Gasteiger partial charge in [0.15, 0.2) is 0 Å². The first-order valence-corrected chi connectivity index (χ1v) is 6.96. The molecular weight excluding hydrogens is 232 g/mol. The van der Waals surface area contributed by atoms with E-state index in [1.54, 1.807) is 0 Å². The number of aryl methyl sites for hydroxylation is 1. The van der Waals surface area contributed by atoms with Gasteiger partial charge in [0, 0.05) is 24.0 Å². The summed E-state index contributed by atoms with van der Waals surface area (Å²) in [6.07, 6.45) is 2.37. The first-order chi connectivity index (χ1) is 9.29. The summed E-state index contributed by atoms with van der Waals surface area (Å²) in [6, 6.07) is 17.8. The molecule has 0 amide bonds. The normalized spacial score (nSPS) is 18.2. The quantitative estimate of drug-likeness (QED) is 0.884. The van der Waals surface area contributed by atoms with E-state index in [1.165, 1.54) is 35.3 Å². The van der Waals surface area contributed by atoms with Gasteiger partial charge in [-0.1, -0.05) is 30.3 Å². The molecule has 0 bridgehead atoms. The van der Waals surface area contributed by atoms with Gasteiger partial charge in [0.2, 0.25) is 0 Å². The van der Waals surface area contributed by atoms with Gasteiger partial charge in [0.05, 0.1) is 0 Å². The van der Waals surface area contributed by atoms with Crippen molar-refractivity contribution >= 4 is 11.4 Å². The van der Waals surface area contributed by atoms with E-state index in [0.29, 0.717) is 12.6 Å². The summed E-state index contributed by atoms with van der Waals surface area (Å²) in [7, 11) is 0. The molecule has 0 aromatic heterocycles. The fourth-order valence-corrected chi connectivity index (χ4v) is 2.92. The predicted molar refractivity (Wildman–Crippen MR) is 80.7 cm³/mol. The Bertz CT molecular complexity index is 577. The van der Waals surface area contributed by atoms with Crippen LogP contribution in [-0.4, -0.2) is 6.04 Å². The Labute approximate surface area is 114 Å². The van der Waals surface area contributed by atoms with Gasteiger partial charge in [-0.3, -0.25) is 0 Å². The highest BCUT2D eigenvalue weighted by atomic mass is 15.2. The van der Waals surface area contributed by atoms with Gasteiger partial charge in [0.1, 0.15) is 0 Å². The molecule has 2 aromatic carbocycles. The predicted octanol–water partition coefficient (Wildman–Crippen LogP) is 3.62. The Balaban J connectivity index is 2.07. The summed E-state index contributed by atoms with van der Waals surface area (Å²) in [5, 5.41) is 0. The highest BCUT2D eigenvalue weighted by Gasteiger charge is 2.23. The summed E-state index contributed by atoms with van der Waals surface area (Å²) in [4.78, 5) is 2.44. The van der Waals surface area contributed by atoms with E-state index >= 15 is 0 Å². The van der Waals surface area contributed by atoms with Crippen molar-refractivity contribution in [3.63, 3.8) is 0 Å². The van der Waals surface area contributed by atoms with Crippen LogP contribution in [0.25, 0.3) is 0 Å². The molecular formula is C17H20N2. The molecule has 1 aliphatic rings. The highest BCUT2D eigenvalue weighted by molar-refractivity contribution is 5.69. The molecule has 1 atom stereocenters. The minimum absolute atomic E-state index is 0.530. The number of anilines is 2. The van der Waals surface area contributed by atoms with Crippen LogP contribution < -0.4 is 10.6 Å². The van der Waals surface area contributed by atoms with Crippen LogP contribution in [-0.2, 0) is 13.0 Å². The number of hydrogen-bond donors (Lipinski definition) is 1. The first kappa shape index (κ1) is 12.2. The monoisotopic (exact) mass is 252 g/mol. The van der Waals surface area contributed by atoms with E-state index < -0.39 is 0 Å². The maximum absolute atomic E-state index is 5.76. The standard InChI is InChI=1S/C17H20N2/c1-13-9-10-15-6-2-3-8-17(15)19(13)16-7-4-5-14(11-16)12-18/h2-8,11,13H,9-10,12,18H2,1H3. The average molecular weight is 252 g/mol. The second-order valence-electron chi connectivity index (χ2n) is 5.26. The zero-order valence-electron chi connectivity index (χ0n) is 11.3. The number of rotatable bonds is 2. The molecule has 0 saturated heterocycles. The minimum atomic E-state index is 0.530. The van der Waals surface area contributed by atoms with Crippen molar-refractivity contribution in [1.29, 1.82) is 0 Å². The second-order valence-corrected chi connectivity index (χ2v) is 5.26. The summed E-state index contributed by atoms with van der Waals surface area (Å²) in [6.45, 7) is 2.89. The number of nitrogens with zero attached hydrogens (tertiary/aromatic N) is 1. The largest absolute Gasteiger partial charge is 0.338 e. The van der Waals surface area contributed by atoms with Gasteiger partial charge in [0.25, 0.3) is 0 Å². The second kappa shape index (κ2) is 5.06. The third kappa shape index (κ3) is 2.24. The van der Waals surface area contributed by atoms with Crippen LogP contribution in [0, 0.1) is 0 Å². The fourth-order valence-electron chi connectivity index (χ4n) is 2.92. The Morgan fingerprint density at radius 1 is 1.16 bits per heavy atom. The van der Waals surface area contributed by atoms with E-state index in [9.17, 15) is 0 Å². The fraction of sp³-hybridized carbons (Fsp3) is 0.294. The van der Waals surface area contributed by atoms with Gasteiger partial charge < -0.3 is 10.6 Å². The van der Waals surface area contributed by atoms with Crippen molar-refractivity contribution in [2.45, 2.75) is 32.4 Å².